The van der Waals surface area contributed by atoms with Gasteiger partial charge in [0.2, 0.25) is 5.91 Å². The van der Waals surface area contributed by atoms with Gasteiger partial charge in [-0.05, 0) is 40.8 Å². The first-order chi connectivity index (χ1) is 9.69. The summed E-state index contributed by atoms with van der Waals surface area (Å²) in [5.41, 5.74) is 0. The fourth-order valence-corrected chi connectivity index (χ4v) is 3.81. The molecule has 1 saturated heterocycles. The van der Waals surface area contributed by atoms with E-state index in [0.29, 0.717) is 25.5 Å². The summed E-state index contributed by atoms with van der Waals surface area (Å²) in [6.45, 7) is 2.11. The molecule has 2 N–H and O–H groups in total. The minimum Gasteiger partial charge on any atom is -0.396 e. The minimum atomic E-state index is 0.0480. The van der Waals surface area contributed by atoms with E-state index >= 15 is 0 Å². The molecule has 0 aliphatic carbocycles. The second-order valence-corrected chi connectivity index (χ2v) is 7.01. The molecule has 1 amide bonds. The Hall–Kier alpha value is -0.430. The SMILES string of the molecule is O=C(CCc1cc(Br)cs1)NC[C@@H](CO)[C@H]1CCOC1. The van der Waals surface area contributed by atoms with Crippen LogP contribution in [-0.2, 0) is 16.0 Å². The molecule has 1 aliphatic rings. The lowest BCUT2D eigenvalue weighted by Gasteiger charge is -2.20. The number of nitrogens with one attached hydrogen (secondary N) is 1. The summed E-state index contributed by atoms with van der Waals surface area (Å²) >= 11 is 5.06. The molecule has 1 aromatic rings. The Balaban J connectivity index is 1.68. The number of thiophene rings is 1. The van der Waals surface area contributed by atoms with Crippen LogP contribution in [0.15, 0.2) is 15.9 Å². The molecule has 0 saturated carbocycles. The van der Waals surface area contributed by atoms with Crippen molar-refractivity contribution in [2.24, 2.45) is 11.8 Å². The van der Waals surface area contributed by atoms with Gasteiger partial charge in [0.1, 0.15) is 0 Å². The number of aliphatic hydroxyl groups is 1. The predicted octanol–water partition coefficient (Wildman–Crippen LogP) is 2.20. The van der Waals surface area contributed by atoms with Gasteiger partial charge in [0.25, 0.3) is 0 Å². The Labute approximate surface area is 131 Å². The quantitative estimate of drug-likeness (QED) is 0.782. The number of carbonyl (C=O) groups is 1. The summed E-state index contributed by atoms with van der Waals surface area (Å²) in [5, 5.41) is 14.3. The van der Waals surface area contributed by atoms with Gasteiger partial charge in [-0.3, -0.25) is 4.79 Å². The highest BCUT2D eigenvalue weighted by Crippen LogP contribution is 2.22. The number of aryl methyl sites for hydroxylation is 1. The second kappa shape index (κ2) is 8.12. The number of hydrogen-bond donors (Lipinski definition) is 2. The van der Waals surface area contributed by atoms with Gasteiger partial charge < -0.3 is 15.2 Å². The van der Waals surface area contributed by atoms with Gasteiger partial charge in [0.05, 0.1) is 0 Å². The van der Waals surface area contributed by atoms with E-state index in [1.807, 2.05) is 11.4 Å². The molecule has 0 unspecified atom stereocenters. The van der Waals surface area contributed by atoms with Crippen LogP contribution in [0.5, 0.6) is 0 Å². The first kappa shape index (κ1) is 15.9. The van der Waals surface area contributed by atoms with Crippen molar-refractivity contribution in [1.82, 2.24) is 5.32 Å². The molecule has 1 aromatic heterocycles. The van der Waals surface area contributed by atoms with Crippen LogP contribution in [0.25, 0.3) is 0 Å². The van der Waals surface area contributed by atoms with Crippen molar-refractivity contribution in [2.45, 2.75) is 19.3 Å². The standard InChI is InChI=1S/C14H20BrNO3S/c15-12-5-13(20-9-12)1-2-14(18)16-6-11(7-17)10-3-4-19-8-10/h5,9-11,17H,1-4,6-8H2,(H,16,18)/t10-,11-/m0/s1. The van der Waals surface area contributed by atoms with E-state index in [-0.39, 0.29) is 18.4 Å². The highest BCUT2D eigenvalue weighted by Gasteiger charge is 2.25. The Morgan fingerprint density at radius 3 is 3.10 bits per heavy atom. The zero-order valence-electron chi connectivity index (χ0n) is 11.3. The van der Waals surface area contributed by atoms with E-state index in [1.54, 1.807) is 11.3 Å². The maximum atomic E-state index is 11.8. The summed E-state index contributed by atoms with van der Waals surface area (Å²) in [7, 11) is 0. The molecule has 2 heterocycles. The number of rotatable bonds is 7. The number of aliphatic hydroxyl groups excluding tert-OH is 1. The normalized spacial score (nSPS) is 20.0. The van der Waals surface area contributed by atoms with E-state index in [0.717, 1.165) is 23.9 Å². The highest BCUT2D eigenvalue weighted by molar-refractivity contribution is 9.10. The Kier molecular flexibility index (Phi) is 6.48. The molecule has 6 heteroatoms. The molecule has 2 rings (SSSR count). The van der Waals surface area contributed by atoms with Crippen LogP contribution < -0.4 is 5.32 Å². The fraction of sp³-hybridized carbons (Fsp3) is 0.643. The molecule has 0 aromatic carbocycles. The zero-order chi connectivity index (χ0) is 14.4. The molecule has 1 fully saturated rings. The zero-order valence-corrected chi connectivity index (χ0v) is 13.7. The molecule has 0 bridgehead atoms. The summed E-state index contributed by atoms with van der Waals surface area (Å²) in [6, 6.07) is 2.05. The average molecular weight is 362 g/mol. The second-order valence-electron chi connectivity index (χ2n) is 5.10. The number of ether oxygens (including phenoxy) is 1. The topological polar surface area (TPSA) is 58.6 Å². The van der Waals surface area contributed by atoms with Gasteiger partial charge in [0.15, 0.2) is 0 Å². The van der Waals surface area contributed by atoms with Crippen LogP contribution in [0.4, 0.5) is 0 Å². The van der Waals surface area contributed by atoms with Crippen molar-refractivity contribution in [2.75, 3.05) is 26.4 Å². The number of halogens is 1. The third kappa shape index (κ3) is 4.84. The van der Waals surface area contributed by atoms with Gasteiger partial charge in [-0.25, -0.2) is 0 Å². The molecule has 112 valence electrons. The third-order valence-corrected chi connectivity index (χ3v) is 5.41. The molecule has 2 atom stereocenters. The largest absolute Gasteiger partial charge is 0.396 e. The molecule has 1 aliphatic heterocycles. The van der Waals surface area contributed by atoms with E-state index in [2.05, 4.69) is 21.2 Å². The minimum absolute atomic E-state index is 0.0480. The summed E-state index contributed by atoms with van der Waals surface area (Å²) in [5.74, 6) is 0.526. The average Bonchev–Trinajstić information content (AvgIpc) is 3.09. The van der Waals surface area contributed by atoms with Crippen LogP contribution in [0.2, 0.25) is 0 Å². The van der Waals surface area contributed by atoms with Crippen molar-refractivity contribution in [1.29, 1.82) is 0 Å². The fourth-order valence-electron chi connectivity index (χ4n) is 2.36. The maximum Gasteiger partial charge on any atom is 0.220 e. The van der Waals surface area contributed by atoms with Crippen LogP contribution in [-0.4, -0.2) is 37.4 Å². The van der Waals surface area contributed by atoms with Crippen LogP contribution in [0, 0.1) is 11.8 Å². The Morgan fingerprint density at radius 1 is 1.65 bits per heavy atom. The van der Waals surface area contributed by atoms with E-state index in [1.165, 1.54) is 4.88 Å². The first-order valence-electron chi connectivity index (χ1n) is 6.87. The van der Waals surface area contributed by atoms with Crippen molar-refractivity contribution in [3.8, 4) is 0 Å². The highest BCUT2D eigenvalue weighted by atomic mass is 79.9. The van der Waals surface area contributed by atoms with Gasteiger partial charge in [-0.2, -0.15) is 0 Å². The summed E-state index contributed by atoms with van der Waals surface area (Å²) in [4.78, 5) is 13.0. The van der Waals surface area contributed by atoms with Gasteiger partial charge in [-0.1, -0.05) is 0 Å². The molecule has 4 nitrogen and oxygen atoms in total. The molecule has 0 radical (unpaired) electrons. The lowest BCUT2D eigenvalue weighted by Crippen LogP contribution is -2.34. The monoisotopic (exact) mass is 361 g/mol. The number of hydrogen-bond acceptors (Lipinski definition) is 4. The van der Waals surface area contributed by atoms with Crippen LogP contribution >= 0.6 is 27.3 Å². The van der Waals surface area contributed by atoms with Gasteiger partial charge >= 0.3 is 0 Å². The number of carbonyl (C=O) groups excluding carboxylic acids is 1. The molecular weight excluding hydrogens is 342 g/mol. The molecule has 0 spiro atoms. The molecular formula is C14H20BrNO3S. The van der Waals surface area contributed by atoms with Crippen molar-refractivity contribution in [3.63, 3.8) is 0 Å². The smallest absolute Gasteiger partial charge is 0.220 e. The van der Waals surface area contributed by atoms with Crippen molar-refractivity contribution in [3.05, 3.63) is 20.8 Å². The van der Waals surface area contributed by atoms with Gasteiger partial charge in [0, 0.05) is 53.4 Å². The first-order valence-corrected chi connectivity index (χ1v) is 8.54. The van der Waals surface area contributed by atoms with E-state index < -0.39 is 0 Å². The molecule has 20 heavy (non-hydrogen) atoms. The van der Waals surface area contributed by atoms with Crippen LogP contribution in [0.3, 0.4) is 0 Å². The summed E-state index contributed by atoms with van der Waals surface area (Å²) < 4.78 is 6.40. The lowest BCUT2D eigenvalue weighted by atomic mass is 9.92. The van der Waals surface area contributed by atoms with Crippen molar-refractivity contribution >= 4 is 33.2 Å². The third-order valence-electron chi connectivity index (χ3n) is 3.65. The summed E-state index contributed by atoms with van der Waals surface area (Å²) in [6.07, 6.45) is 2.23. The lowest BCUT2D eigenvalue weighted by molar-refractivity contribution is -0.121. The van der Waals surface area contributed by atoms with Crippen molar-refractivity contribution < 1.29 is 14.6 Å². The predicted molar refractivity (Wildman–Crippen MR) is 82.9 cm³/mol. The Morgan fingerprint density at radius 2 is 2.50 bits per heavy atom. The van der Waals surface area contributed by atoms with Gasteiger partial charge in [-0.15, -0.1) is 11.3 Å². The maximum absolute atomic E-state index is 11.8. The van der Waals surface area contributed by atoms with E-state index in [9.17, 15) is 9.90 Å². The number of amides is 1. The Bertz CT molecular complexity index is 432. The van der Waals surface area contributed by atoms with Crippen LogP contribution in [0.1, 0.15) is 17.7 Å². The van der Waals surface area contributed by atoms with E-state index in [4.69, 9.17) is 4.74 Å².